The highest BCUT2D eigenvalue weighted by Gasteiger charge is 2.15. The number of aryl methyl sites for hydroxylation is 3. The van der Waals surface area contributed by atoms with Gasteiger partial charge in [0.1, 0.15) is 18.1 Å². The summed E-state index contributed by atoms with van der Waals surface area (Å²) in [6.45, 7) is 5.19. The number of carbonyl (C=O) groups excluding carboxylic acids is 1. The molecule has 0 aliphatic heterocycles. The maximum atomic E-state index is 12.7. The van der Waals surface area contributed by atoms with Crippen molar-refractivity contribution in [3.8, 4) is 11.5 Å². The number of hydrogen-bond acceptors (Lipinski definition) is 4. The number of amides is 1. The van der Waals surface area contributed by atoms with E-state index in [1.54, 1.807) is 25.1 Å². The molecule has 0 aliphatic carbocycles. The van der Waals surface area contributed by atoms with Crippen LogP contribution in [0.4, 0.5) is 14.5 Å². The Balaban J connectivity index is 1.69. The highest BCUT2D eigenvalue weighted by molar-refractivity contribution is 7.12. The van der Waals surface area contributed by atoms with Gasteiger partial charge >= 0.3 is 6.61 Å². The SMILES string of the molecule is Cc1ccc(NC(=O)c2cc(COc3cc(C)cc(C)c3C)cs2)c(OC(F)F)c1. The molecule has 0 fully saturated rings. The Morgan fingerprint density at radius 3 is 2.50 bits per heavy atom. The van der Waals surface area contributed by atoms with E-state index < -0.39 is 12.5 Å². The van der Waals surface area contributed by atoms with Crippen LogP contribution in [0.1, 0.15) is 37.5 Å². The minimum absolute atomic E-state index is 0.0660. The highest BCUT2D eigenvalue weighted by Crippen LogP contribution is 2.29. The molecule has 0 atom stereocenters. The van der Waals surface area contributed by atoms with E-state index in [0.717, 1.165) is 33.6 Å². The normalized spacial score (nSPS) is 10.9. The summed E-state index contributed by atoms with van der Waals surface area (Å²) in [7, 11) is 0. The fourth-order valence-corrected chi connectivity index (χ4v) is 3.78. The summed E-state index contributed by atoms with van der Waals surface area (Å²) in [6.07, 6.45) is 0. The summed E-state index contributed by atoms with van der Waals surface area (Å²) in [5.74, 6) is 0.360. The molecule has 1 amide bonds. The fourth-order valence-electron chi connectivity index (χ4n) is 2.99. The Kier molecular flexibility index (Phi) is 6.72. The molecular weight excluding hydrogens is 408 g/mol. The van der Waals surface area contributed by atoms with Gasteiger partial charge in [0.05, 0.1) is 10.6 Å². The molecule has 0 unspecified atom stereocenters. The third-order valence-corrected chi connectivity index (χ3v) is 5.62. The first-order valence-electron chi connectivity index (χ1n) is 9.38. The van der Waals surface area contributed by atoms with E-state index in [1.807, 2.05) is 32.2 Å². The smallest absolute Gasteiger partial charge is 0.387 e. The average Bonchev–Trinajstić information content (AvgIpc) is 3.14. The van der Waals surface area contributed by atoms with Crippen LogP contribution in [0.2, 0.25) is 0 Å². The predicted molar refractivity (Wildman–Crippen MR) is 115 cm³/mol. The van der Waals surface area contributed by atoms with Crippen molar-refractivity contribution in [2.24, 2.45) is 0 Å². The molecule has 7 heteroatoms. The second-order valence-electron chi connectivity index (χ2n) is 7.15. The van der Waals surface area contributed by atoms with Crippen molar-refractivity contribution in [3.63, 3.8) is 0 Å². The molecule has 1 aromatic heterocycles. The zero-order chi connectivity index (χ0) is 21.8. The van der Waals surface area contributed by atoms with Gasteiger partial charge in [-0.25, -0.2) is 0 Å². The lowest BCUT2D eigenvalue weighted by Gasteiger charge is -2.12. The lowest BCUT2D eigenvalue weighted by molar-refractivity contribution is -0.0494. The van der Waals surface area contributed by atoms with Crippen LogP contribution in [-0.2, 0) is 6.61 Å². The third kappa shape index (κ3) is 5.36. The van der Waals surface area contributed by atoms with Crippen molar-refractivity contribution in [1.82, 2.24) is 0 Å². The number of anilines is 1. The van der Waals surface area contributed by atoms with Crippen molar-refractivity contribution < 1.29 is 23.0 Å². The number of thiophene rings is 1. The molecule has 158 valence electrons. The van der Waals surface area contributed by atoms with Gasteiger partial charge in [-0.1, -0.05) is 12.1 Å². The van der Waals surface area contributed by atoms with Gasteiger partial charge in [0.2, 0.25) is 0 Å². The van der Waals surface area contributed by atoms with Crippen molar-refractivity contribution in [2.45, 2.75) is 40.9 Å². The molecule has 0 saturated heterocycles. The van der Waals surface area contributed by atoms with Gasteiger partial charge in [0.15, 0.2) is 0 Å². The van der Waals surface area contributed by atoms with Gasteiger partial charge in [0, 0.05) is 5.56 Å². The molecule has 0 spiro atoms. The monoisotopic (exact) mass is 431 g/mol. The van der Waals surface area contributed by atoms with Crippen LogP contribution in [0.15, 0.2) is 41.8 Å². The van der Waals surface area contributed by atoms with Crippen molar-refractivity contribution in [2.75, 3.05) is 5.32 Å². The molecule has 1 heterocycles. The largest absolute Gasteiger partial charge is 0.489 e. The number of ether oxygens (including phenoxy) is 2. The molecular formula is C23H23F2NO3S. The van der Waals surface area contributed by atoms with E-state index >= 15 is 0 Å². The summed E-state index contributed by atoms with van der Waals surface area (Å²) in [4.78, 5) is 13.0. The number of hydrogen-bond donors (Lipinski definition) is 1. The molecule has 0 aliphatic rings. The first kappa shape index (κ1) is 21.8. The number of alkyl halides is 2. The number of benzene rings is 2. The topological polar surface area (TPSA) is 47.6 Å². The van der Waals surface area contributed by atoms with E-state index in [9.17, 15) is 13.6 Å². The molecule has 1 N–H and O–H groups in total. The van der Waals surface area contributed by atoms with Gasteiger partial charge in [-0.05, 0) is 79.6 Å². The summed E-state index contributed by atoms with van der Waals surface area (Å²) >= 11 is 1.26. The quantitative estimate of drug-likeness (QED) is 0.470. The Bertz CT molecular complexity index is 1060. The Morgan fingerprint density at radius 2 is 1.77 bits per heavy atom. The van der Waals surface area contributed by atoms with Crippen LogP contribution < -0.4 is 14.8 Å². The molecule has 30 heavy (non-hydrogen) atoms. The van der Waals surface area contributed by atoms with E-state index in [2.05, 4.69) is 16.1 Å². The molecule has 0 radical (unpaired) electrons. The minimum atomic E-state index is -2.97. The maximum Gasteiger partial charge on any atom is 0.387 e. The maximum absolute atomic E-state index is 12.7. The third-order valence-electron chi connectivity index (χ3n) is 4.64. The average molecular weight is 432 g/mol. The Hall–Kier alpha value is -2.93. The second-order valence-corrected chi connectivity index (χ2v) is 8.06. The van der Waals surface area contributed by atoms with Crippen molar-refractivity contribution >= 4 is 22.9 Å². The molecule has 3 aromatic rings. The van der Waals surface area contributed by atoms with E-state index in [4.69, 9.17) is 4.74 Å². The number of nitrogens with one attached hydrogen (secondary N) is 1. The molecule has 3 rings (SSSR count). The molecule has 2 aromatic carbocycles. The summed E-state index contributed by atoms with van der Waals surface area (Å²) < 4.78 is 35.8. The van der Waals surface area contributed by atoms with Gasteiger partial charge in [-0.3, -0.25) is 4.79 Å². The Labute approximate surface area is 178 Å². The standard InChI is InChI=1S/C23H23F2NO3S/c1-13-5-6-18(20(8-13)29-23(24)25)26-22(27)21-10-17(12-30-21)11-28-19-9-14(2)7-15(3)16(19)4/h5-10,12,23H,11H2,1-4H3,(H,26,27). The zero-order valence-electron chi connectivity index (χ0n) is 17.2. The van der Waals surface area contributed by atoms with Crippen LogP contribution in [0.3, 0.4) is 0 Å². The van der Waals surface area contributed by atoms with Crippen LogP contribution in [0.25, 0.3) is 0 Å². The van der Waals surface area contributed by atoms with Crippen LogP contribution in [0, 0.1) is 27.7 Å². The molecule has 0 bridgehead atoms. The minimum Gasteiger partial charge on any atom is -0.489 e. The van der Waals surface area contributed by atoms with Crippen molar-refractivity contribution in [1.29, 1.82) is 0 Å². The predicted octanol–water partition coefficient (Wildman–Crippen LogP) is 6.41. The lowest BCUT2D eigenvalue weighted by atomic mass is 10.1. The molecule has 4 nitrogen and oxygen atoms in total. The van der Waals surface area contributed by atoms with Crippen LogP contribution >= 0.6 is 11.3 Å². The van der Waals surface area contributed by atoms with Crippen molar-refractivity contribution in [3.05, 3.63) is 74.5 Å². The van der Waals surface area contributed by atoms with Gasteiger partial charge < -0.3 is 14.8 Å². The van der Waals surface area contributed by atoms with Gasteiger partial charge in [-0.2, -0.15) is 8.78 Å². The summed E-state index contributed by atoms with van der Waals surface area (Å²) in [5, 5.41) is 4.49. The zero-order valence-corrected chi connectivity index (χ0v) is 18.0. The molecule has 0 saturated carbocycles. The van der Waals surface area contributed by atoms with Gasteiger partial charge in [-0.15, -0.1) is 11.3 Å². The van der Waals surface area contributed by atoms with Crippen LogP contribution in [-0.4, -0.2) is 12.5 Å². The second kappa shape index (κ2) is 9.26. The summed E-state index contributed by atoms with van der Waals surface area (Å²) in [5.41, 5.74) is 5.17. The van der Waals surface area contributed by atoms with E-state index in [0.29, 0.717) is 11.5 Å². The first-order valence-corrected chi connectivity index (χ1v) is 10.3. The van der Waals surface area contributed by atoms with E-state index in [-0.39, 0.29) is 11.4 Å². The number of carbonyl (C=O) groups is 1. The van der Waals surface area contributed by atoms with Gasteiger partial charge in [0.25, 0.3) is 5.91 Å². The summed E-state index contributed by atoms with van der Waals surface area (Å²) in [6, 6.07) is 10.6. The van der Waals surface area contributed by atoms with E-state index in [1.165, 1.54) is 17.4 Å². The fraction of sp³-hybridized carbons (Fsp3) is 0.261. The first-order chi connectivity index (χ1) is 14.2. The number of halogens is 2. The highest BCUT2D eigenvalue weighted by atomic mass is 32.1. The Morgan fingerprint density at radius 1 is 1.03 bits per heavy atom. The lowest BCUT2D eigenvalue weighted by Crippen LogP contribution is -2.13. The van der Waals surface area contributed by atoms with Crippen LogP contribution in [0.5, 0.6) is 11.5 Å². The number of rotatable bonds is 7.